The summed E-state index contributed by atoms with van der Waals surface area (Å²) in [7, 11) is 0. The monoisotopic (exact) mass is 209 g/mol. The van der Waals surface area contributed by atoms with Crippen molar-refractivity contribution in [3.8, 4) is 0 Å². The third-order valence-electron chi connectivity index (χ3n) is 3.04. The molecule has 1 aliphatic rings. The SMILES string of the molecule is Cc1ccc(CNCC2CCC(O)C2)o1. The fourth-order valence-electron chi connectivity index (χ4n) is 2.21. The van der Waals surface area contributed by atoms with Crippen molar-refractivity contribution in [2.75, 3.05) is 6.54 Å². The van der Waals surface area contributed by atoms with Gasteiger partial charge in [0.2, 0.25) is 0 Å². The van der Waals surface area contributed by atoms with Gasteiger partial charge in [-0.25, -0.2) is 0 Å². The predicted octanol–water partition coefficient (Wildman–Crippen LogP) is 1.84. The normalized spacial score (nSPS) is 26.0. The number of nitrogens with one attached hydrogen (secondary N) is 1. The number of aliphatic hydroxyl groups is 1. The standard InChI is InChI=1S/C12H19NO2/c1-9-2-5-12(15-9)8-13-7-10-3-4-11(14)6-10/h2,5,10-11,13-14H,3-4,6-8H2,1H3. The minimum Gasteiger partial charge on any atom is -0.465 e. The molecule has 1 aliphatic carbocycles. The van der Waals surface area contributed by atoms with E-state index in [1.165, 1.54) is 0 Å². The van der Waals surface area contributed by atoms with Crippen LogP contribution in [0.3, 0.4) is 0 Å². The lowest BCUT2D eigenvalue weighted by Crippen LogP contribution is -2.21. The van der Waals surface area contributed by atoms with Crippen LogP contribution in [-0.2, 0) is 6.54 Å². The molecule has 2 N–H and O–H groups in total. The zero-order valence-corrected chi connectivity index (χ0v) is 9.20. The van der Waals surface area contributed by atoms with Crippen LogP contribution in [0.4, 0.5) is 0 Å². The van der Waals surface area contributed by atoms with Gasteiger partial charge in [-0.3, -0.25) is 0 Å². The average molecular weight is 209 g/mol. The number of hydrogen-bond donors (Lipinski definition) is 2. The Hall–Kier alpha value is -0.800. The zero-order valence-electron chi connectivity index (χ0n) is 9.20. The van der Waals surface area contributed by atoms with Crippen molar-refractivity contribution < 1.29 is 9.52 Å². The van der Waals surface area contributed by atoms with E-state index in [1.807, 2.05) is 19.1 Å². The van der Waals surface area contributed by atoms with E-state index in [9.17, 15) is 5.11 Å². The fourth-order valence-corrected chi connectivity index (χ4v) is 2.21. The molecule has 1 aromatic heterocycles. The van der Waals surface area contributed by atoms with Gasteiger partial charge in [0.05, 0.1) is 12.6 Å². The first-order valence-corrected chi connectivity index (χ1v) is 5.68. The van der Waals surface area contributed by atoms with Crippen molar-refractivity contribution in [1.29, 1.82) is 0 Å². The van der Waals surface area contributed by atoms with Crippen molar-refractivity contribution in [2.24, 2.45) is 5.92 Å². The quantitative estimate of drug-likeness (QED) is 0.795. The molecule has 0 bridgehead atoms. The van der Waals surface area contributed by atoms with Crippen molar-refractivity contribution in [3.63, 3.8) is 0 Å². The highest BCUT2D eigenvalue weighted by molar-refractivity contribution is 5.05. The van der Waals surface area contributed by atoms with Crippen molar-refractivity contribution >= 4 is 0 Å². The van der Waals surface area contributed by atoms with Crippen LogP contribution in [-0.4, -0.2) is 17.8 Å². The Balaban J connectivity index is 1.67. The summed E-state index contributed by atoms with van der Waals surface area (Å²) in [4.78, 5) is 0. The Labute approximate surface area is 90.5 Å². The minimum atomic E-state index is -0.0670. The third kappa shape index (κ3) is 3.08. The van der Waals surface area contributed by atoms with E-state index in [0.29, 0.717) is 5.92 Å². The topological polar surface area (TPSA) is 45.4 Å². The molecule has 1 saturated carbocycles. The number of rotatable bonds is 4. The summed E-state index contributed by atoms with van der Waals surface area (Å²) in [6.07, 6.45) is 2.99. The molecule has 1 heterocycles. The molecule has 3 heteroatoms. The highest BCUT2D eigenvalue weighted by Gasteiger charge is 2.22. The highest BCUT2D eigenvalue weighted by Crippen LogP contribution is 2.24. The van der Waals surface area contributed by atoms with Crippen molar-refractivity contribution in [1.82, 2.24) is 5.32 Å². The lowest BCUT2D eigenvalue weighted by atomic mass is 10.1. The van der Waals surface area contributed by atoms with Gasteiger partial charge < -0.3 is 14.8 Å². The van der Waals surface area contributed by atoms with Gasteiger partial charge in [-0.15, -0.1) is 0 Å². The van der Waals surface area contributed by atoms with E-state index in [1.54, 1.807) is 0 Å². The van der Waals surface area contributed by atoms with Gasteiger partial charge in [0.15, 0.2) is 0 Å². The van der Waals surface area contributed by atoms with Gasteiger partial charge in [0, 0.05) is 0 Å². The first-order valence-electron chi connectivity index (χ1n) is 5.68. The molecule has 0 amide bonds. The molecule has 0 spiro atoms. The molecule has 2 rings (SSSR count). The van der Waals surface area contributed by atoms with E-state index in [0.717, 1.165) is 43.9 Å². The molecular weight excluding hydrogens is 190 g/mol. The molecule has 1 aromatic rings. The molecule has 1 fully saturated rings. The van der Waals surface area contributed by atoms with Gasteiger partial charge in [-0.05, 0) is 50.8 Å². The van der Waals surface area contributed by atoms with Crippen molar-refractivity contribution in [3.05, 3.63) is 23.7 Å². The van der Waals surface area contributed by atoms with Crippen LogP contribution in [0.2, 0.25) is 0 Å². The van der Waals surface area contributed by atoms with E-state index in [-0.39, 0.29) is 6.10 Å². The molecule has 2 atom stereocenters. The molecule has 0 aliphatic heterocycles. The van der Waals surface area contributed by atoms with Gasteiger partial charge in [0.1, 0.15) is 11.5 Å². The van der Waals surface area contributed by atoms with Crippen LogP contribution in [0.1, 0.15) is 30.8 Å². The maximum atomic E-state index is 9.37. The van der Waals surface area contributed by atoms with E-state index >= 15 is 0 Å². The zero-order chi connectivity index (χ0) is 10.7. The summed E-state index contributed by atoms with van der Waals surface area (Å²) in [5.74, 6) is 2.59. The third-order valence-corrected chi connectivity index (χ3v) is 3.04. The van der Waals surface area contributed by atoms with Crippen LogP contribution < -0.4 is 5.32 Å². The molecule has 3 nitrogen and oxygen atoms in total. The van der Waals surface area contributed by atoms with Crippen LogP contribution in [0.15, 0.2) is 16.5 Å². The van der Waals surface area contributed by atoms with Gasteiger partial charge in [-0.1, -0.05) is 0 Å². The lowest BCUT2D eigenvalue weighted by molar-refractivity contribution is 0.177. The number of aryl methyl sites for hydroxylation is 1. The van der Waals surface area contributed by atoms with Crippen molar-refractivity contribution in [2.45, 2.75) is 38.8 Å². The van der Waals surface area contributed by atoms with Gasteiger partial charge >= 0.3 is 0 Å². The van der Waals surface area contributed by atoms with E-state index in [4.69, 9.17) is 4.42 Å². The Bertz CT molecular complexity index is 308. The molecule has 2 unspecified atom stereocenters. The smallest absolute Gasteiger partial charge is 0.117 e. The lowest BCUT2D eigenvalue weighted by Gasteiger charge is -2.09. The second-order valence-corrected chi connectivity index (χ2v) is 4.48. The maximum Gasteiger partial charge on any atom is 0.117 e. The first-order chi connectivity index (χ1) is 7.24. The Morgan fingerprint density at radius 1 is 1.47 bits per heavy atom. The molecular formula is C12H19NO2. The summed E-state index contributed by atoms with van der Waals surface area (Å²) in [5.41, 5.74) is 0. The molecule has 0 radical (unpaired) electrons. The highest BCUT2D eigenvalue weighted by atomic mass is 16.3. The summed E-state index contributed by atoms with van der Waals surface area (Å²) >= 11 is 0. The first kappa shape index (κ1) is 10.7. The number of hydrogen-bond acceptors (Lipinski definition) is 3. The second-order valence-electron chi connectivity index (χ2n) is 4.48. The Kier molecular flexibility index (Phi) is 3.44. The Morgan fingerprint density at radius 2 is 2.33 bits per heavy atom. The second kappa shape index (κ2) is 4.81. The summed E-state index contributed by atoms with van der Waals surface area (Å²) in [6.45, 7) is 3.73. The van der Waals surface area contributed by atoms with Gasteiger partial charge in [-0.2, -0.15) is 0 Å². The largest absolute Gasteiger partial charge is 0.465 e. The summed E-state index contributed by atoms with van der Waals surface area (Å²) in [6, 6.07) is 3.99. The molecule has 15 heavy (non-hydrogen) atoms. The van der Waals surface area contributed by atoms with E-state index in [2.05, 4.69) is 5.32 Å². The average Bonchev–Trinajstić information content (AvgIpc) is 2.76. The fraction of sp³-hybridized carbons (Fsp3) is 0.667. The number of aliphatic hydroxyl groups excluding tert-OH is 1. The van der Waals surface area contributed by atoms with E-state index < -0.39 is 0 Å². The predicted molar refractivity (Wildman–Crippen MR) is 58.5 cm³/mol. The minimum absolute atomic E-state index is 0.0670. The van der Waals surface area contributed by atoms with Crippen LogP contribution in [0.25, 0.3) is 0 Å². The maximum absolute atomic E-state index is 9.37. The molecule has 84 valence electrons. The number of furan rings is 1. The Morgan fingerprint density at radius 3 is 2.93 bits per heavy atom. The van der Waals surface area contributed by atoms with Gasteiger partial charge in [0.25, 0.3) is 0 Å². The van der Waals surface area contributed by atoms with Crippen LogP contribution in [0.5, 0.6) is 0 Å². The molecule has 0 saturated heterocycles. The summed E-state index contributed by atoms with van der Waals surface area (Å²) < 4.78 is 5.46. The summed E-state index contributed by atoms with van der Waals surface area (Å²) in [5, 5.41) is 12.7. The van der Waals surface area contributed by atoms with Crippen LogP contribution >= 0.6 is 0 Å². The van der Waals surface area contributed by atoms with Crippen LogP contribution in [0, 0.1) is 12.8 Å². The molecule has 0 aromatic carbocycles.